The molecule has 2 heteroatoms. The molecular weight excluding hydrogens is 210 g/mol. The van der Waals surface area contributed by atoms with E-state index in [9.17, 15) is 4.79 Å². The van der Waals surface area contributed by atoms with Gasteiger partial charge in [-0.15, -0.1) is 0 Å². The van der Waals surface area contributed by atoms with Gasteiger partial charge in [0, 0.05) is 20.0 Å². The number of amides is 1. The fraction of sp³-hybridized carbons (Fsp3) is 0.533. The van der Waals surface area contributed by atoms with Crippen molar-refractivity contribution in [1.29, 1.82) is 0 Å². The SMILES string of the molecule is CCN(CC1(C)CC1c1ccccc1)C(C)=O. The molecule has 1 aromatic carbocycles. The Labute approximate surface area is 104 Å². The zero-order valence-corrected chi connectivity index (χ0v) is 10.9. The molecule has 1 amide bonds. The smallest absolute Gasteiger partial charge is 0.219 e. The maximum atomic E-state index is 11.4. The summed E-state index contributed by atoms with van der Waals surface area (Å²) in [6, 6.07) is 10.6. The Balaban J connectivity index is 2.02. The van der Waals surface area contributed by atoms with Crippen LogP contribution in [0.3, 0.4) is 0 Å². The minimum absolute atomic E-state index is 0.187. The van der Waals surface area contributed by atoms with Crippen LogP contribution in [-0.2, 0) is 4.79 Å². The van der Waals surface area contributed by atoms with Gasteiger partial charge in [-0.05, 0) is 30.2 Å². The maximum Gasteiger partial charge on any atom is 0.219 e. The van der Waals surface area contributed by atoms with Crippen molar-refractivity contribution >= 4 is 5.91 Å². The first-order chi connectivity index (χ1) is 8.07. The van der Waals surface area contributed by atoms with Crippen LogP contribution in [0.15, 0.2) is 30.3 Å². The van der Waals surface area contributed by atoms with Crippen molar-refractivity contribution in [1.82, 2.24) is 4.90 Å². The van der Waals surface area contributed by atoms with Gasteiger partial charge in [-0.2, -0.15) is 0 Å². The van der Waals surface area contributed by atoms with Crippen LogP contribution in [0, 0.1) is 5.41 Å². The first-order valence-electron chi connectivity index (χ1n) is 6.37. The Hall–Kier alpha value is -1.31. The van der Waals surface area contributed by atoms with E-state index in [-0.39, 0.29) is 11.3 Å². The largest absolute Gasteiger partial charge is 0.343 e. The van der Waals surface area contributed by atoms with Gasteiger partial charge in [0.05, 0.1) is 0 Å². The number of carbonyl (C=O) groups is 1. The molecule has 1 fully saturated rings. The van der Waals surface area contributed by atoms with E-state index >= 15 is 0 Å². The summed E-state index contributed by atoms with van der Waals surface area (Å²) in [4.78, 5) is 13.4. The summed E-state index contributed by atoms with van der Waals surface area (Å²) in [6.07, 6.45) is 1.20. The predicted octanol–water partition coefficient (Wildman–Crippen LogP) is 3.05. The Morgan fingerprint density at radius 2 is 2.06 bits per heavy atom. The summed E-state index contributed by atoms with van der Waals surface area (Å²) in [6.45, 7) is 7.69. The molecule has 92 valence electrons. The Bertz CT molecular complexity index is 401. The van der Waals surface area contributed by atoms with E-state index in [0.29, 0.717) is 5.92 Å². The Morgan fingerprint density at radius 3 is 2.59 bits per heavy atom. The highest BCUT2D eigenvalue weighted by Gasteiger charge is 2.51. The van der Waals surface area contributed by atoms with Gasteiger partial charge in [-0.25, -0.2) is 0 Å². The van der Waals surface area contributed by atoms with Crippen molar-refractivity contribution in [2.75, 3.05) is 13.1 Å². The Morgan fingerprint density at radius 1 is 1.41 bits per heavy atom. The first-order valence-corrected chi connectivity index (χ1v) is 6.37. The zero-order chi connectivity index (χ0) is 12.5. The van der Waals surface area contributed by atoms with Gasteiger partial charge >= 0.3 is 0 Å². The minimum Gasteiger partial charge on any atom is -0.343 e. The molecule has 2 atom stereocenters. The molecule has 1 saturated carbocycles. The van der Waals surface area contributed by atoms with E-state index in [4.69, 9.17) is 0 Å². The topological polar surface area (TPSA) is 20.3 Å². The minimum atomic E-state index is 0.187. The number of benzene rings is 1. The highest BCUT2D eigenvalue weighted by molar-refractivity contribution is 5.73. The molecule has 1 aromatic rings. The van der Waals surface area contributed by atoms with Crippen LogP contribution in [0.4, 0.5) is 0 Å². The van der Waals surface area contributed by atoms with Gasteiger partial charge in [-0.3, -0.25) is 4.79 Å². The van der Waals surface area contributed by atoms with E-state index in [1.807, 2.05) is 11.8 Å². The highest BCUT2D eigenvalue weighted by atomic mass is 16.2. The fourth-order valence-electron chi connectivity index (χ4n) is 2.67. The molecule has 0 heterocycles. The van der Waals surface area contributed by atoms with Crippen LogP contribution in [0.1, 0.15) is 38.7 Å². The average molecular weight is 231 g/mol. The highest BCUT2D eigenvalue weighted by Crippen LogP contribution is 2.59. The molecule has 1 aliphatic rings. The lowest BCUT2D eigenvalue weighted by atomic mass is 10.0. The molecule has 2 rings (SSSR count). The van der Waals surface area contributed by atoms with Gasteiger partial charge in [0.15, 0.2) is 0 Å². The molecule has 2 unspecified atom stereocenters. The lowest BCUT2D eigenvalue weighted by Gasteiger charge is -2.24. The monoisotopic (exact) mass is 231 g/mol. The third kappa shape index (κ3) is 2.51. The number of hydrogen-bond donors (Lipinski definition) is 0. The number of nitrogens with zero attached hydrogens (tertiary/aromatic N) is 1. The number of hydrogen-bond acceptors (Lipinski definition) is 1. The molecule has 0 saturated heterocycles. The standard InChI is InChI=1S/C15H21NO/c1-4-16(12(2)17)11-15(3)10-14(15)13-8-6-5-7-9-13/h5-9,14H,4,10-11H2,1-3H3. The van der Waals surface area contributed by atoms with E-state index in [0.717, 1.165) is 13.1 Å². The van der Waals surface area contributed by atoms with Crippen molar-refractivity contribution in [3.63, 3.8) is 0 Å². The molecule has 2 nitrogen and oxygen atoms in total. The zero-order valence-electron chi connectivity index (χ0n) is 10.9. The van der Waals surface area contributed by atoms with Crippen LogP contribution in [0.5, 0.6) is 0 Å². The van der Waals surface area contributed by atoms with Gasteiger partial charge in [0.1, 0.15) is 0 Å². The summed E-state index contributed by atoms with van der Waals surface area (Å²) < 4.78 is 0. The number of carbonyl (C=O) groups excluding carboxylic acids is 1. The van der Waals surface area contributed by atoms with E-state index in [1.54, 1.807) is 6.92 Å². The second-order valence-electron chi connectivity index (χ2n) is 5.35. The molecule has 0 radical (unpaired) electrons. The lowest BCUT2D eigenvalue weighted by Crippen LogP contribution is -2.33. The maximum absolute atomic E-state index is 11.4. The van der Waals surface area contributed by atoms with E-state index in [2.05, 4.69) is 37.3 Å². The molecular formula is C15H21NO. The van der Waals surface area contributed by atoms with Crippen LogP contribution in [-0.4, -0.2) is 23.9 Å². The van der Waals surface area contributed by atoms with Crippen LogP contribution in [0.2, 0.25) is 0 Å². The lowest BCUT2D eigenvalue weighted by molar-refractivity contribution is -0.129. The third-order valence-corrected chi connectivity index (χ3v) is 3.93. The van der Waals surface area contributed by atoms with E-state index in [1.165, 1.54) is 12.0 Å². The molecule has 0 N–H and O–H groups in total. The first kappa shape index (κ1) is 12.2. The van der Waals surface area contributed by atoms with Crippen molar-refractivity contribution < 1.29 is 4.79 Å². The molecule has 0 aliphatic heterocycles. The predicted molar refractivity (Wildman–Crippen MR) is 69.8 cm³/mol. The van der Waals surface area contributed by atoms with Gasteiger partial charge < -0.3 is 4.90 Å². The Kier molecular flexibility index (Phi) is 3.23. The van der Waals surface area contributed by atoms with Crippen LogP contribution < -0.4 is 0 Å². The van der Waals surface area contributed by atoms with Crippen molar-refractivity contribution in [3.05, 3.63) is 35.9 Å². The number of rotatable bonds is 4. The second-order valence-corrected chi connectivity index (χ2v) is 5.35. The summed E-state index contributed by atoms with van der Waals surface area (Å²) in [5, 5.41) is 0. The van der Waals surface area contributed by atoms with Gasteiger partial charge in [-0.1, -0.05) is 37.3 Å². The van der Waals surface area contributed by atoms with Gasteiger partial charge in [0.2, 0.25) is 5.91 Å². The average Bonchev–Trinajstić information content (AvgIpc) is 3.00. The van der Waals surface area contributed by atoms with Crippen LogP contribution in [0.25, 0.3) is 0 Å². The summed E-state index contributed by atoms with van der Waals surface area (Å²) >= 11 is 0. The molecule has 0 spiro atoms. The van der Waals surface area contributed by atoms with Crippen LogP contribution >= 0.6 is 0 Å². The fourth-order valence-corrected chi connectivity index (χ4v) is 2.67. The summed E-state index contributed by atoms with van der Waals surface area (Å²) in [7, 11) is 0. The van der Waals surface area contributed by atoms with Crippen molar-refractivity contribution in [3.8, 4) is 0 Å². The quantitative estimate of drug-likeness (QED) is 0.780. The second kappa shape index (κ2) is 4.52. The molecule has 1 aliphatic carbocycles. The van der Waals surface area contributed by atoms with Crippen molar-refractivity contribution in [2.24, 2.45) is 5.41 Å². The normalized spacial score (nSPS) is 26.6. The summed E-state index contributed by atoms with van der Waals surface area (Å²) in [5.74, 6) is 0.810. The van der Waals surface area contributed by atoms with E-state index < -0.39 is 0 Å². The van der Waals surface area contributed by atoms with Gasteiger partial charge in [0.25, 0.3) is 0 Å². The third-order valence-electron chi connectivity index (χ3n) is 3.93. The molecule has 0 bridgehead atoms. The molecule has 17 heavy (non-hydrogen) atoms. The van der Waals surface area contributed by atoms with Crippen molar-refractivity contribution in [2.45, 2.75) is 33.1 Å². The molecule has 0 aromatic heterocycles. The summed E-state index contributed by atoms with van der Waals surface area (Å²) in [5.41, 5.74) is 1.69.